The van der Waals surface area contributed by atoms with E-state index in [-0.39, 0.29) is 5.82 Å². The van der Waals surface area contributed by atoms with E-state index in [0.29, 0.717) is 11.8 Å². The third kappa shape index (κ3) is 3.03. The van der Waals surface area contributed by atoms with Crippen LogP contribution in [0, 0.1) is 11.7 Å². The quantitative estimate of drug-likeness (QED) is 0.807. The molecule has 0 N–H and O–H groups in total. The first kappa shape index (κ1) is 14.5. The summed E-state index contributed by atoms with van der Waals surface area (Å²) in [7, 11) is 0. The van der Waals surface area contributed by atoms with Gasteiger partial charge in [-0.1, -0.05) is 36.3 Å². The SMILES string of the molecule is Fc1ccc(C2CCCC(C3=CC=c4occc4=CC3)C2)cc1. The standard InChI is InChI=1S/C21H21FO/c22-20-9-6-16(7-10-20)19-3-1-2-18(14-19)15-4-5-17-12-13-23-21(17)11-8-15/h5-13,18-19H,1-4,14H2. The van der Waals surface area contributed by atoms with E-state index in [1.807, 2.05) is 18.2 Å². The molecule has 1 heterocycles. The van der Waals surface area contributed by atoms with Crippen LogP contribution in [0.2, 0.25) is 0 Å². The Morgan fingerprint density at radius 2 is 1.78 bits per heavy atom. The van der Waals surface area contributed by atoms with Gasteiger partial charge in [-0.3, -0.25) is 0 Å². The molecule has 2 heteroatoms. The monoisotopic (exact) mass is 308 g/mol. The van der Waals surface area contributed by atoms with Gasteiger partial charge in [0.1, 0.15) is 11.2 Å². The van der Waals surface area contributed by atoms with Crippen molar-refractivity contribution in [2.45, 2.75) is 38.0 Å². The van der Waals surface area contributed by atoms with Gasteiger partial charge in [0.15, 0.2) is 0 Å². The Labute approximate surface area is 135 Å². The van der Waals surface area contributed by atoms with Crippen LogP contribution in [0.15, 0.2) is 52.7 Å². The highest BCUT2D eigenvalue weighted by atomic mass is 19.1. The summed E-state index contributed by atoms with van der Waals surface area (Å²) in [5.74, 6) is 1.02. The van der Waals surface area contributed by atoms with Gasteiger partial charge in [-0.05, 0) is 67.4 Å². The van der Waals surface area contributed by atoms with E-state index >= 15 is 0 Å². The number of fused-ring (bicyclic) bond motifs is 1. The van der Waals surface area contributed by atoms with Crippen molar-refractivity contribution < 1.29 is 8.81 Å². The first-order valence-electron chi connectivity index (χ1n) is 8.49. The smallest absolute Gasteiger partial charge is 0.133 e. The van der Waals surface area contributed by atoms with Crippen LogP contribution in [0.5, 0.6) is 0 Å². The van der Waals surface area contributed by atoms with E-state index < -0.39 is 0 Å². The maximum Gasteiger partial charge on any atom is 0.133 e. The Bertz CT molecular complexity index is 825. The maximum absolute atomic E-state index is 13.1. The molecule has 2 aromatic rings. The second-order valence-corrected chi connectivity index (χ2v) is 6.67. The molecule has 23 heavy (non-hydrogen) atoms. The van der Waals surface area contributed by atoms with Gasteiger partial charge in [-0.25, -0.2) is 4.39 Å². The summed E-state index contributed by atoms with van der Waals surface area (Å²) in [4.78, 5) is 0. The molecule has 0 saturated heterocycles. The highest BCUT2D eigenvalue weighted by molar-refractivity contribution is 5.46. The zero-order valence-corrected chi connectivity index (χ0v) is 13.2. The predicted molar refractivity (Wildman–Crippen MR) is 90.7 cm³/mol. The molecular weight excluding hydrogens is 287 g/mol. The lowest BCUT2D eigenvalue weighted by molar-refractivity contribution is 0.357. The lowest BCUT2D eigenvalue weighted by Crippen LogP contribution is -2.17. The minimum absolute atomic E-state index is 0.148. The number of benzene rings is 1. The highest BCUT2D eigenvalue weighted by Crippen LogP contribution is 2.40. The Morgan fingerprint density at radius 1 is 0.957 bits per heavy atom. The van der Waals surface area contributed by atoms with E-state index in [4.69, 9.17) is 4.42 Å². The van der Waals surface area contributed by atoms with Gasteiger partial charge < -0.3 is 4.42 Å². The molecule has 2 aliphatic rings. The minimum Gasteiger partial charge on any atom is -0.464 e. The summed E-state index contributed by atoms with van der Waals surface area (Å²) in [5.41, 5.74) is 3.75. The second-order valence-electron chi connectivity index (χ2n) is 6.67. The second kappa shape index (κ2) is 6.19. The van der Waals surface area contributed by atoms with Crippen LogP contribution in [0.25, 0.3) is 12.2 Å². The summed E-state index contributed by atoms with van der Waals surface area (Å²) in [6.07, 6.45) is 14.3. The van der Waals surface area contributed by atoms with E-state index in [0.717, 1.165) is 11.8 Å². The molecule has 1 aromatic heterocycles. The van der Waals surface area contributed by atoms with E-state index in [2.05, 4.69) is 18.2 Å². The predicted octanol–water partition coefficient (Wildman–Crippen LogP) is 4.28. The maximum atomic E-state index is 13.1. The molecule has 2 aliphatic carbocycles. The summed E-state index contributed by atoms with van der Waals surface area (Å²) in [6.45, 7) is 0. The summed E-state index contributed by atoms with van der Waals surface area (Å²) in [6, 6.07) is 9.12. The fourth-order valence-corrected chi connectivity index (χ4v) is 3.98. The number of halogens is 1. The van der Waals surface area contributed by atoms with Crippen molar-refractivity contribution in [2.24, 2.45) is 5.92 Å². The molecule has 0 amide bonds. The van der Waals surface area contributed by atoms with Gasteiger partial charge in [0, 0.05) is 5.22 Å². The Balaban J connectivity index is 1.54. The third-order valence-electron chi connectivity index (χ3n) is 5.27. The molecule has 0 spiro atoms. The van der Waals surface area contributed by atoms with Crippen LogP contribution in [0.3, 0.4) is 0 Å². The molecule has 2 atom stereocenters. The van der Waals surface area contributed by atoms with Gasteiger partial charge in [-0.2, -0.15) is 0 Å². The van der Waals surface area contributed by atoms with Crippen LogP contribution in [0.4, 0.5) is 4.39 Å². The Hall–Kier alpha value is -2.09. The van der Waals surface area contributed by atoms with Crippen molar-refractivity contribution in [1.82, 2.24) is 0 Å². The van der Waals surface area contributed by atoms with Crippen molar-refractivity contribution in [3.05, 3.63) is 70.3 Å². The van der Waals surface area contributed by atoms with Crippen molar-refractivity contribution in [3.63, 3.8) is 0 Å². The summed E-state index contributed by atoms with van der Waals surface area (Å²) in [5, 5.41) is 1.20. The lowest BCUT2D eigenvalue weighted by atomic mass is 9.74. The van der Waals surface area contributed by atoms with E-state index in [1.165, 1.54) is 42.0 Å². The number of rotatable bonds is 2. The van der Waals surface area contributed by atoms with E-state index in [1.54, 1.807) is 18.4 Å². The zero-order valence-electron chi connectivity index (χ0n) is 13.2. The first-order chi connectivity index (χ1) is 11.3. The van der Waals surface area contributed by atoms with Crippen molar-refractivity contribution in [3.8, 4) is 0 Å². The minimum atomic E-state index is -0.148. The first-order valence-corrected chi connectivity index (χ1v) is 8.49. The van der Waals surface area contributed by atoms with Crippen LogP contribution < -0.4 is 10.6 Å². The molecular formula is C21H21FO. The highest BCUT2D eigenvalue weighted by Gasteiger charge is 2.25. The third-order valence-corrected chi connectivity index (χ3v) is 5.27. The van der Waals surface area contributed by atoms with Gasteiger partial charge in [0.25, 0.3) is 0 Å². The molecule has 2 unspecified atom stereocenters. The van der Waals surface area contributed by atoms with Crippen molar-refractivity contribution in [1.29, 1.82) is 0 Å². The average Bonchev–Trinajstić information content (AvgIpc) is 2.94. The molecule has 1 saturated carbocycles. The fourth-order valence-electron chi connectivity index (χ4n) is 3.98. The largest absolute Gasteiger partial charge is 0.464 e. The number of hydrogen-bond donors (Lipinski definition) is 0. The topological polar surface area (TPSA) is 13.1 Å². The van der Waals surface area contributed by atoms with E-state index in [9.17, 15) is 4.39 Å². The van der Waals surface area contributed by atoms with Crippen LogP contribution >= 0.6 is 0 Å². The Kier molecular flexibility index (Phi) is 3.90. The molecule has 4 rings (SSSR count). The summed E-state index contributed by atoms with van der Waals surface area (Å²) < 4.78 is 18.6. The zero-order chi connectivity index (χ0) is 15.6. The Morgan fingerprint density at radius 3 is 2.65 bits per heavy atom. The summed E-state index contributed by atoms with van der Waals surface area (Å²) >= 11 is 0. The van der Waals surface area contributed by atoms with Crippen LogP contribution in [-0.2, 0) is 0 Å². The molecule has 1 nitrogen and oxygen atoms in total. The van der Waals surface area contributed by atoms with Crippen molar-refractivity contribution in [2.75, 3.05) is 0 Å². The fraction of sp³-hybridized carbons (Fsp3) is 0.333. The number of furan rings is 1. The van der Waals surface area contributed by atoms with Gasteiger partial charge in [0.2, 0.25) is 0 Å². The van der Waals surface area contributed by atoms with Gasteiger partial charge >= 0.3 is 0 Å². The van der Waals surface area contributed by atoms with Crippen LogP contribution in [0.1, 0.15) is 43.6 Å². The molecule has 0 aliphatic heterocycles. The van der Waals surface area contributed by atoms with Crippen LogP contribution in [-0.4, -0.2) is 0 Å². The normalized spacial score (nSPS) is 24.0. The number of allylic oxidation sites excluding steroid dienone is 2. The van der Waals surface area contributed by atoms with Crippen molar-refractivity contribution >= 4 is 12.2 Å². The van der Waals surface area contributed by atoms with Gasteiger partial charge in [-0.15, -0.1) is 0 Å². The average molecular weight is 308 g/mol. The molecule has 0 bridgehead atoms. The number of hydrogen-bond acceptors (Lipinski definition) is 1. The lowest BCUT2D eigenvalue weighted by Gasteiger charge is -2.31. The molecule has 118 valence electrons. The molecule has 1 aromatic carbocycles. The van der Waals surface area contributed by atoms with Gasteiger partial charge in [0.05, 0.1) is 6.26 Å². The molecule has 1 fully saturated rings. The molecule has 0 radical (unpaired) electrons.